The summed E-state index contributed by atoms with van der Waals surface area (Å²) in [5, 5.41) is 3.35. The summed E-state index contributed by atoms with van der Waals surface area (Å²) in [7, 11) is 2.06. The van der Waals surface area contributed by atoms with Crippen LogP contribution in [0.1, 0.15) is 33.1 Å². The molecule has 1 unspecified atom stereocenters. The van der Waals surface area contributed by atoms with Gasteiger partial charge in [0.2, 0.25) is 0 Å². The fourth-order valence-corrected chi connectivity index (χ4v) is 1.66. The van der Waals surface area contributed by atoms with Gasteiger partial charge >= 0.3 is 0 Å². The highest BCUT2D eigenvalue weighted by molar-refractivity contribution is 5.10. The predicted octanol–water partition coefficient (Wildman–Crippen LogP) is 2.34. The molecule has 0 bridgehead atoms. The lowest BCUT2D eigenvalue weighted by atomic mass is 9.88. The Morgan fingerprint density at radius 2 is 2.27 bits per heavy atom. The zero-order valence-electron chi connectivity index (χ0n) is 7.85. The second-order valence-corrected chi connectivity index (χ2v) is 3.70. The molecule has 1 rings (SSSR count). The van der Waals surface area contributed by atoms with Crippen LogP contribution in [0.5, 0.6) is 0 Å². The van der Waals surface area contributed by atoms with Gasteiger partial charge in [0, 0.05) is 6.04 Å². The fourth-order valence-electron chi connectivity index (χ4n) is 1.66. The van der Waals surface area contributed by atoms with E-state index >= 15 is 0 Å². The third-order valence-corrected chi connectivity index (χ3v) is 2.55. The minimum atomic E-state index is 0.734. The number of allylic oxidation sites excluding steroid dienone is 1. The highest BCUT2D eigenvalue weighted by Crippen LogP contribution is 2.23. The Labute approximate surface area is 69.9 Å². The van der Waals surface area contributed by atoms with E-state index in [2.05, 4.69) is 32.3 Å². The molecule has 1 aliphatic carbocycles. The molecule has 1 nitrogen and oxygen atoms in total. The van der Waals surface area contributed by atoms with Gasteiger partial charge in [0.05, 0.1) is 0 Å². The summed E-state index contributed by atoms with van der Waals surface area (Å²) in [4.78, 5) is 0. The second-order valence-electron chi connectivity index (χ2n) is 3.70. The van der Waals surface area contributed by atoms with Gasteiger partial charge in [-0.25, -0.2) is 0 Å². The molecule has 0 saturated heterocycles. The second kappa shape index (κ2) is 3.91. The molecule has 0 spiro atoms. The molecule has 11 heavy (non-hydrogen) atoms. The Bertz CT molecular complexity index is 147. The van der Waals surface area contributed by atoms with E-state index in [-0.39, 0.29) is 0 Å². The maximum atomic E-state index is 3.35. The molecule has 1 N–H and O–H groups in total. The average molecular weight is 153 g/mol. The van der Waals surface area contributed by atoms with Gasteiger partial charge in [0.15, 0.2) is 0 Å². The van der Waals surface area contributed by atoms with Gasteiger partial charge < -0.3 is 5.32 Å². The van der Waals surface area contributed by atoms with Gasteiger partial charge in [-0.3, -0.25) is 0 Å². The lowest BCUT2D eigenvalue weighted by molar-refractivity contribution is 0.479. The summed E-state index contributed by atoms with van der Waals surface area (Å²) in [6.45, 7) is 4.56. The summed E-state index contributed by atoms with van der Waals surface area (Å²) in [6.07, 6.45) is 6.25. The van der Waals surface area contributed by atoms with Crippen molar-refractivity contribution in [3.8, 4) is 0 Å². The first-order chi connectivity index (χ1) is 5.24. The van der Waals surface area contributed by atoms with Gasteiger partial charge in [-0.05, 0) is 32.2 Å². The monoisotopic (exact) mass is 153 g/mol. The average Bonchev–Trinajstić information content (AvgIpc) is 2.05. The van der Waals surface area contributed by atoms with Crippen molar-refractivity contribution in [3.63, 3.8) is 0 Å². The molecule has 0 aromatic carbocycles. The van der Waals surface area contributed by atoms with Crippen molar-refractivity contribution in [1.82, 2.24) is 5.32 Å². The minimum absolute atomic E-state index is 0.734. The molecule has 1 aliphatic rings. The van der Waals surface area contributed by atoms with Crippen LogP contribution in [0, 0.1) is 5.92 Å². The van der Waals surface area contributed by atoms with E-state index in [1.54, 1.807) is 5.57 Å². The van der Waals surface area contributed by atoms with Crippen LogP contribution >= 0.6 is 0 Å². The minimum Gasteiger partial charge on any atom is -0.317 e. The molecule has 0 amide bonds. The molecule has 0 aliphatic heterocycles. The summed E-state index contributed by atoms with van der Waals surface area (Å²) < 4.78 is 0. The van der Waals surface area contributed by atoms with Crippen LogP contribution in [0.25, 0.3) is 0 Å². The Kier molecular flexibility index (Phi) is 3.13. The summed E-state index contributed by atoms with van der Waals surface area (Å²) >= 11 is 0. The molecule has 64 valence electrons. The van der Waals surface area contributed by atoms with Gasteiger partial charge in [-0.1, -0.05) is 25.5 Å². The van der Waals surface area contributed by atoms with E-state index in [0.717, 1.165) is 12.0 Å². The Hall–Kier alpha value is -0.300. The summed E-state index contributed by atoms with van der Waals surface area (Å²) in [5.41, 5.74) is 1.63. The van der Waals surface area contributed by atoms with Crippen LogP contribution in [-0.2, 0) is 0 Å². The standard InChI is InChI=1S/C10H19N/c1-8(2)9-5-4-6-10(7-9)11-3/h5,8,10-11H,4,6-7H2,1-3H3. The number of hydrogen-bond acceptors (Lipinski definition) is 1. The topological polar surface area (TPSA) is 12.0 Å². The van der Waals surface area contributed by atoms with Crippen molar-refractivity contribution in [2.45, 2.75) is 39.2 Å². The maximum Gasteiger partial charge on any atom is 0.0104 e. The summed E-state index contributed by atoms with van der Waals surface area (Å²) in [5.74, 6) is 0.742. The zero-order chi connectivity index (χ0) is 8.27. The zero-order valence-corrected chi connectivity index (χ0v) is 7.85. The van der Waals surface area contributed by atoms with Crippen LogP contribution in [0.3, 0.4) is 0 Å². The van der Waals surface area contributed by atoms with Crippen molar-refractivity contribution >= 4 is 0 Å². The smallest absolute Gasteiger partial charge is 0.0104 e. The first-order valence-corrected chi connectivity index (χ1v) is 4.60. The Balaban J connectivity index is 2.48. The lowest BCUT2D eigenvalue weighted by Crippen LogP contribution is -2.28. The van der Waals surface area contributed by atoms with E-state index in [4.69, 9.17) is 0 Å². The first kappa shape index (κ1) is 8.79. The van der Waals surface area contributed by atoms with Crippen molar-refractivity contribution in [3.05, 3.63) is 11.6 Å². The molecule has 1 atom stereocenters. The largest absolute Gasteiger partial charge is 0.317 e. The molecule has 0 aromatic heterocycles. The lowest BCUT2D eigenvalue weighted by Gasteiger charge is -2.24. The number of hydrogen-bond donors (Lipinski definition) is 1. The van der Waals surface area contributed by atoms with E-state index in [1.165, 1.54) is 19.3 Å². The molecular weight excluding hydrogens is 134 g/mol. The molecule has 1 heteroatoms. The van der Waals surface area contributed by atoms with Gasteiger partial charge in [-0.15, -0.1) is 0 Å². The predicted molar refractivity (Wildman–Crippen MR) is 49.6 cm³/mol. The van der Waals surface area contributed by atoms with Crippen LogP contribution in [-0.4, -0.2) is 13.1 Å². The molecule has 0 fully saturated rings. The molecular formula is C10H19N. The first-order valence-electron chi connectivity index (χ1n) is 4.60. The third kappa shape index (κ3) is 2.33. The fraction of sp³-hybridized carbons (Fsp3) is 0.800. The summed E-state index contributed by atoms with van der Waals surface area (Å²) in [6, 6.07) is 0.734. The van der Waals surface area contributed by atoms with E-state index in [0.29, 0.717) is 0 Å². The highest BCUT2D eigenvalue weighted by atomic mass is 14.9. The third-order valence-electron chi connectivity index (χ3n) is 2.55. The van der Waals surface area contributed by atoms with E-state index in [1.807, 2.05) is 0 Å². The molecule has 0 heterocycles. The van der Waals surface area contributed by atoms with E-state index in [9.17, 15) is 0 Å². The van der Waals surface area contributed by atoms with Crippen molar-refractivity contribution in [2.75, 3.05) is 7.05 Å². The Morgan fingerprint density at radius 3 is 2.82 bits per heavy atom. The molecule has 0 saturated carbocycles. The normalized spacial score (nSPS) is 25.5. The van der Waals surface area contributed by atoms with Crippen LogP contribution in [0.2, 0.25) is 0 Å². The number of nitrogens with one attached hydrogen (secondary N) is 1. The van der Waals surface area contributed by atoms with E-state index < -0.39 is 0 Å². The SMILES string of the molecule is CNC1CCC=C(C(C)C)C1. The van der Waals surface area contributed by atoms with Crippen LogP contribution in [0.4, 0.5) is 0 Å². The van der Waals surface area contributed by atoms with Crippen LogP contribution < -0.4 is 5.32 Å². The van der Waals surface area contributed by atoms with Crippen molar-refractivity contribution in [2.24, 2.45) is 5.92 Å². The molecule has 0 radical (unpaired) electrons. The van der Waals surface area contributed by atoms with Crippen LogP contribution in [0.15, 0.2) is 11.6 Å². The Morgan fingerprint density at radius 1 is 1.55 bits per heavy atom. The van der Waals surface area contributed by atoms with Gasteiger partial charge in [0.25, 0.3) is 0 Å². The van der Waals surface area contributed by atoms with Crippen molar-refractivity contribution < 1.29 is 0 Å². The quantitative estimate of drug-likeness (QED) is 0.600. The van der Waals surface area contributed by atoms with Gasteiger partial charge in [-0.2, -0.15) is 0 Å². The highest BCUT2D eigenvalue weighted by Gasteiger charge is 2.14. The van der Waals surface area contributed by atoms with Crippen molar-refractivity contribution in [1.29, 1.82) is 0 Å². The molecule has 0 aromatic rings. The van der Waals surface area contributed by atoms with Gasteiger partial charge in [0.1, 0.15) is 0 Å². The maximum absolute atomic E-state index is 3.35. The number of rotatable bonds is 2.